The van der Waals surface area contributed by atoms with E-state index in [-0.39, 0.29) is 11.8 Å². The van der Waals surface area contributed by atoms with Gasteiger partial charge in [-0.1, -0.05) is 0 Å². The van der Waals surface area contributed by atoms with Crippen molar-refractivity contribution in [2.45, 2.75) is 6.92 Å². The van der Waals surface area contributed by atoms with E-state index in [9.17, 15) is 4.79 Å². The van der Waals surface area contributed by atoms with Gasteiger partial charge in [0.05, 0.1) is 7.11 Å². The molecule has 1 aromatic carbocycles. The fraction of sp³-hybridized carbons (Fsp3) is 0.0952. The molecule has 4 aromatic rings. The van der Waals surface area contributed by atoms with Crippen LogP contribution in [0.3, 0.4) is 0 Å². The number of aryl methyl sites for hydroxylation is 1. The Morgan fingerprint density at radius 2 is 1.80 bits per heavy atom. The van der Waals surface area contributed by atoms with Crippen molar-refractivity contribution >= 4 is 23.1 Å². The highest BCUT2D eigenvalue weighted by Crippen LogP contribution is 2.21. The average molecular weight is 401 g/mol. The highest BCUT2D eigenvalue weighted by atomic mass is 16.5. The SMILES string of the molecule is COc1ncccc1C(=O)Nc1ccc(Nc2cc(-n3ccnc3C)ncn2)cc1. The van der Waals surface area contributed by atoms with Gasteiger partial charge < -0.3 is 15.4 Å². The molecule has 0 radical (unpaired) electrons. The molecule has 150 valence electrons. The molecule has 2 N–H and O–H groups in total. The molecule has 0 saturated heterocycles. The van der Waals surface area contributed by atoms with E-state index in [0.29, 0.717) is 17.1 Å². The molecule has 3 aromatic heterocycles. The van der Waals surface area contributed by atoms with Gasteiger partial charge in [0.15, 0.2) is 0 Å². The Morgan fingerprint density at radius 3 is 2.53 bits per heavy atom. The number of aromatic nitrogens is 5. The van der Waals surface area contributed by atoms with Crippen molar-refractivity contribution in [2.75, 3.05) is 17.7 Å². The van der Waals surface area contributed by atoms with Crippen LogP contribution in [-0.4, -0.2) is 37.5 Å². The highest BCUT2D eigenvalue weighted by Gasteiger charge is 2.13. The Hall–Kier alpha value is -4.27. The first-order valence-electron chi connectivity index (χ1n) is 9.14. The number of rotatable bonds is 6. The van der Waals surface area contributed by atoms with E-state index in [0.717, 1.165) is 17.3 Å². The second kappa shape index (κ2) is 8.39. The van der Waals surface area contributed by atoms with Crippen LogP contribution in [0.4, 0.5) is 17.2 Å². The Morgan fingerprint density at radius 1 is 1.00 bits per heavy atom. The number of anilines is 3. The molecule has 0 spiro atoms. The molecule has 0 unspecified atom stereocenters. The molecule has 4 rings (SSSR count). The minimum absolute atomic E-state index is 0.279. The van der Waals surface area contributed by atoms with Crippen LogP contribution in [-0.2, 0) is 0 Å². The lowest BCUT2D eigenvalue weighted by Gasteiger charge is -2.10. The molecular formula is C21H19N7O2. The van der Waals surface area contributed by atoms with Crippen molar-refractivity contribution in [2.24, 2.45) is 0 Å². The van der Waals surface area contributed by atoms with Crippen LogP contribution >= 0.6 is 0 Å². The summed E-state index contributed by atoms with van der Waals surface area (Å²) in [5, 5.41) is 6.06. The van der Waals surface area contributed by atoms with Crippen LogP contribution in [0.1, 0.15) is 16.2 Å². The number of carbonyl (C=O) groups excluding carboxylic acids is 1. The second-order valence-electron chi connectivity index (χ2n) is 6.32. The summed E-state index contributed by atoms with van der Waals surface area (Å²) in [7, 11) is 1.48. The molecule has 0 fully saturated rings. The molecule has 0 saturated carbocycles. The smallest absolute Gasteiger partial charge is 0.261 e. The van der Waals surface area contributed by atoms with Gasteiger partial charge in [-0.05, 0) is 43.3 Å². The zero-order valence-electron chi connectivity index (χ0n) is 16.4. The Balaban J connectivity index is 1.45. The summed E-state index contributed by atoms with van der Waals surface area (Å²) in [5.74, 6) is 2.18. The molecule has 9 nitrogen and oxygen atoms in total. The normalized spacial score (nSPS) is 10.5. The number of hydrogen-bond acceptors (Lipinski definition) is 7. The molecule has 9 heteroatoms. The quantitative estimate of drug-likeness (QED) is 0.510. The predicted molar refractivity (Wildman–Crippen MR) is 112 cm³/mol. The van der Waals surface area contributed by atoms with Gasteiger partial charge >= 0.3 is 0 Å². The molecule has 0 aliphatic heterocycles. The summed E-state index contributed by atoms with van der Waals surface area (Å²) < 4.78 is 7.01. The minimum Gasteiger partial charge on any atom is -0.480 e. The highest BCUT2D eigenvalue weighted by molar-refractivity contribution is 6.05. The summed E-state index contributed by atoms with van der Waals surface area (Å²) in [4.78, 5) is 29.3. The van der Waals surface area contributed by atoms with Crippen molar-refractivity contribution in [1.82, 2.24) is 24.5 Å². The maximum Gasteiger partial charge on any atom is 0.261 e. The van der Waals surface area contributed by atoms with Crippen molar-refractivity contribution in [3.8, 4) is 11.7 Å². The van der Waals surface area contributed by atoms with Gasteiger partial charge in [-0.15, -0.1) is 0 Å². The summed E-state index contributed by atoms with van der Waals surface area (Å²) in [5.41, 5.74) is 1.83. The Kier molecular flexibility index (Phi) is 5.33. The summed E-state index contributed by atoms with van der Waals surface area (Å²) in [6.07, 6.45) is 6.63. The maximum atomic E-state index is 12.5. The number of hydrogen-bond donors (Lipinski definition) is 2. The minimum atomic E-state index is -0.295. The number of nitrogens with one attached hydrogen (secondary N) is 2. The van der Waals surface area contributed by atoms with Crippen LogP contribution in [0.5, 0.6) is 5.88 Å². The lowest BCUT2D eigenvalue weighted by atomic mass is 10.2. The fourth-order valence-electron chi connectivity index (χ4n) is 2.88. The lowest BCUT2D eigenvalue weighted by molar-refractivity contribution is 0.102. The van der Waals surface area contributed by atoms with Gasteiger partial charge in [0, 0.05) is 36.0 Å². The van der Waals surface area contributed by atoms with Crippen LogP contribution in [0.2, 0.25) is 0 Å². The van der Waals surface area contributed by atoms with Crippen molar-refractivity contribution in [3.63, 3.8) is 0 Å². The van der Waals surface area contributed by atoms with Crippen molar-refractivity contribution < 1.29 is 9.53 Å². The second-order valence-corrected chi connectivity index (χ2v) is 6.32. The molecule has 1 amide bonds. The van der Waals surface area contributed by atoms with Gasteiger partial charge in [0.2, 0.25) is 5.88 Å². The largest absolute Gasteiger partial charge is 0.480 e. The van der Waals surface area contributed by atoms with E-state index in [4.69, 9.17) is 4.74 Å². The number of methoxy groups -OCH3 is 1. The molecule has 0 aliphatic carbocycles. The van der Waals surface area contributed by atoms with Gasteiger partial charge in [0.25, 0.3) is 5.91 Å². The third kappa shape index (κ3) is 4.09. The van der Waals surface area contributed by atoms with Gasteiger partial charge in [-0.3, -0.25) is 9.36 Å². The number of imidazole rings is 1. The fourth-order valence-corrected chi connectivity index (χ4v) is 2.88. The topological polar surface area (TPSA) is 107 Å². The van der Waals surface area contributed by atoms with Gasteiger partial charge in [-0.2, -0.15) is 0 Å². The van der Waals surface area contributed by atoms with E-state index in [1.54, 1.807) is 36.7 Å². The van der Waals surface area contributed by atoms with Crippen molar-refractivity contribution in [1.29, 1.82) is 0 Å². The first-order chi connectivity index (χ1) is 14.6. The zero-order valence-corrected chi connectivity index (χ0v) is 16.4. The molecule has 0 aliphatic rings. The standard InChI is InChI=1S/C21H19N7O2/c1-14-22-10-11-28(14)19-12-18(24-13-25-19)26-15-5-7-16(8-6-15)27-20(29)17-4-3-9-23-21(17)30-2/h3-13H,1-2H3,(H,27,29)(H,24,25,26). The van der Waals surface area contributed by atoms with Gasteiger partial charge in [0.1, 0.15) is 29.4 Å². The Bertz CT molecular complexity index is 1170. The first-order valence-corrected chi connectivity index (χ1v) is 9.14. The third-order valence-electron chi connectivity index (χ3n) is 4.35. The molecule has 0 bridgehead atoms. The van der Waals surface area contributed by atoms with E-state index < -0.39 is 0 Å². The number of amides is 1. The zero-order chi connectivity index (χ0) is 20.9. The van der Waals surface area contributed by atoms with E-state index in [2.05, 4.69) is 30.6 Å². The molecule has 3 heterocycles. The third-order valence-corrected chi connectivity index (χ3v) is 4.35. The van der Waals surface area contributed by atoms with Crippen molar-refractivity contribution in [3.05, 3.63) is 78.8 Å². The van der Waals surface area contributed by atoms with Crippen LogP contribution < -0.4 is 15.4 Å². The monoisotopic (exact) mass is 401 g/mol. The van der Waals surface area contributed by atoms with Crippen LogP contribution in [0, 0.1) is 6.92 Å². The predicted octanol–water partition coefficient (Wildman–Crippen LogP) is 3.37. The van der Waals surface area contributed by atoms with E-state index >= 15 is 0 Å². The number of pyridine rings is 1. The maximum absolute atomic E-state index is 12.5. The number of carbonyl (C=O) groups is 1. The van der Waals surface area contributed by atoms with Crippen LogP contribution in [0.15, 0.2) is 67.4 Å². The van der Waals surface area contributed by atoms with E-state index in [1.807, 2.05) is 35.9 Å². The Labute approximate surface area is 172 Å². The first kappa shape index (κ1) is 19.1. The number of nitrogens with zero attached hydrogens (tertiary/aromatic N) is 5. The van der Waals surface area contributed by atoms with Gasteiger partial charge in [-0.25, -0.2) is 19.9 Å². The molecule has 0 atom stereocenters. The average Bonchev–Trinajstić information content (AvgIpc) is 3.21. The summed E-state index contributed by atoms with van der Waals surface area (Å²) >= 11 is 0. The van der Waals surface area contributed by atoms with E-state index in [1.165, 1.54) is 13.4 Å². The molecule has 30 heavy (non-hydrogen) atoms. The molecular weight excluding hydrogens is 382 g/mol. The van der Waals surface area contributed by atoms with Crippen LogP contribution in [0.25, 0.3) is 5.82 Å². The lowest BCUT2D eigenvalue weighted by Crippen LogP contribution is -2.13. The number of ether oxygens (including phenoxy) is 1. The summed E-state index contributed by atoms with van der Waals surface area (Å²) in [6, 6.07) is 12.5. The summed E-state index contributed by atoms with van der Waals surface area (Å²) in [6.45, 7) is 1.91. The number of benzene rings is 1.